The van der Waals surface area contributed by atoms with Crippen molar-refractivity contribution in [1.29, 1.82) is 0 Å². The Morgan fingerprint density at radius 2 is 1.68 bits per heavy atom. The molecule has 1 heterocycles. The number of Topliss-reactive ketones (excluding diaryl/α,β-unsaturated/α-hetero) is 1. The highest BCUT2D eigenvalue weighted by atomic mass is 16.5. The summed E-state index contributed by atoms with van der Waals surface area (Å²) in [6.45, 7) is 4.76. The van der Waals surface area contributed by atoms with Crippen molar-refractivity contribution in [2.45, 2.75) is 26.3 Å². The zero-order valence-corrected chi connectivity index (χ0v) is 18.2. The van der Waals surface area contributed by atoms with Crippen molar-refractivity contribution in [1.82, 2.24) is 4.90 Å². The zero-order valence-electron chi connectivity index (χ0n) is 18.2. The van der Waals surface area contributed by atoms with E-state index in [0.717, 1.165) is 5.56 Å². The van der Waals surface area contributed by atoms with Gasteiger partial charge in [-0.2, -0.15) is 0 Å². The lowest BCUT2D eigenvalue weighted by Crippen LogP contribution is -2.30. The van der Waals surface area contributed by atoms with Crippen LogP contribution in [0.1, 0.15) is 37.4 Å². The number of carbonyl (C=O) groups is 2. The van der Waals surface area contributed by atoms with Gasteiger partial charge in [-0.25, -0.2) is 0 Å². The monoisotopic (exact) mass is 425 g/mol. The van der Waals surface area contributed by atoms with Crippen molar-refractivity contribution < 1.29 is 28.9 Å². The Morgan fingerprint density at radius 1 is 1.00 bits per heavy atom. The van der Waals surface area contributed by atoms with Crippen molar-refractivity contribution in [2.75, 3.05) is 27.4 Å². The highest BCUT2D eigenvalue weighted by Crippen LogP contribution is 2.41. The van der Waals surface area contributed by atoms with Gasteiger partial charge in [-0.3, -0.25) is 9.59 Å². The van der Waals surface area contributed by atoms with Gasteiger partial charge in [0.25, 0.3) is 11.7 Å². The van der Waals surface area contributed by atoms with E-state index in [0.29, 0.717) is 42.4 Å². The van der Waals surface area contributed by atoms with E-state index in [1.807, 2.05) is 26.0 Å². The number of hydrogen-bond donors (Lipinski definition) is 1. The molecule has 1 N–H and O–H groups in total. The maximum Gasteiger partial charge on any atom is 0.295 e. The Balaban J connectivity index is 2.14. The molecule has 3 rings (SSSR count). The Bertz CT molecular complexity index is 996. The number of hydrogen-bond acceptors (Lipinski definition) is 6. The van der Waals surface area contributed by atoms with Crippen LogP contribution in [0.4, 0.5) is 0 Å². The molecule has 0 aromatic heterocycles. The summed E-state index contributed by atoms with van der Waals surface area (Å²) < 4.78 is 16.0. The second-order valence-electron chi connectivity index (χ2n) is 7.06. The van der Waals surface area contributed by atoms with Crippen LogP contribution >= 0.6 is 0 Å². The van der Waals surface area contributed by atoms with Gasteiger partial charge in [-0.05, 0) is 49.2 Å². The molecule has 2 aromatic rings. The summed E-state index contributed by atoms with van der Waals surface area (Å²) in [5, 5.41) is 11.1. The number of carbonyl (C=O) groups excluding carboxylic acids is 2. The van der Waals surface area contributed by atoms with Crippen LogP contribution in [0.2, 0.25) is 0 Å². The third-order valence-electron chi connectivity index (χ3n) is 5.17. The lowest BCUT2D eigenvalue weighted by Gasteiger charge is -2.25. The molecule has 1 atom stereocenters. The normalized spacial score (nSPS) is 17.7. The molecule has 0 spiro atoms. The summed E-state index contributed by atoms with van der Waals surface area (Å²) in [6.07, 6.45) is 0.678. The SMILES string of the molecule is CCCN1C(=O)C(=O)/C(=C(\O)c2ccc(OC)c(OC)c2)C1c1ccc(OCC)cc1. The molecule has 7 heteroatoms. The standard InChI is InChI=1S/C24H27NO6/c1-5-13-25-21(15-7-10-17(11-8-15)31-6-2)20(23(27)24(25)28)22(26)16-9-12-18(29-3)19(14-16)30-4/h7-12,14,21,26H,5-6,13H2,1-4H3/b22-20-. The highest BCUT2D eigenvalue weighted by molar-refractivity contribution is 6.46. The number of nitrogens with zero attached hydrogens (tertiary/aromatic N) is 1. The Hall–Kier alpha value is -3.48. The van der Waals surface area contributed by atoms with Gasteiger partial charge in [-0.15, -0.1) is 0 Å². The number of methoxy groups -OCH3 is 2. The fourth-order valence-electron chi connectivity index (χ4n) is 3.75. The smallest absolute Gasteiger partial charge is 0.295 e. The molecule has 31 heavy (non-hydrogen) atoms. The van der Waals surface area contributed by atoms with E-state index in [4.69, 9.17) is 14.2 Å². The van der Waals surface area contributed by atoms with E-state index in [2.05, 4.69) is 0 Å². The summed E-state index contributed by atoms with van der Waals surface area (Å²) in [4.78, 5) is 27.2. The van der Waals surface area contributed by atoms with Crippen LogP contribution in [0.5, 0.6) is 17.2 Å². The lowest BCUT2D eigenvalue weighted by atomic mass is 9.95. The molecule has 2 aromatic carbocycles. The quantitative estimate of drug-likeness (QED) is 0.392. The molecule has 1 aliphatic heterocycles. The molecule has 0 saturated carbocycles. The van der Waals surface area contributed by atoms with E-state index in [1.54, 1.807) is 30.3 Å². The minimum absolute atomic E-state index is 0.0508. The van der Waals surface area contributed by atoms with Crippen LogP contribution in [0.25, 0.3) is 5.76 Å². The van der Waals surface area contributed by atoms with Gasteiger partial charge >= 0.3 is 0 Å². The third kappa shape index (κ3) is 4.21. The average Bonchev–Trinajstić information content (AvgIpc) is 3.04. The van der Waals surface area contributed by atoms with Gasteiger partial charge in [0.1, 0.15) is 11.5 Å². The fourth-order valence-corrected chi connectivity index (χ4v) is 3.75. The lowest BCUT2D eigenvalue weighted by molar-refractivity contribution is -0.139. The molecule has 7 nitrogen and oxygen atoms in total. The number of aliphatic hydroxyl groups is 1. The molecule has 1 amide bonds. The number of aliphatic hydroxyl groups excluding tert-OH is 1. The van der Waals surface area contributed by atoms with Crippen molar-refractivity contribution in [2.24, 2.45) is 0 Å². The maximum atomic E-state index is 12.9. The first kappa shape index (κ1) is 22.2. The molecule has 164 valence electrons. The van der Waals surface area contributed by atoms with Gasteiger partial charge in [0.15, 0.2) is 11.5 Å². The predicted molar refractivity (Wildman–Crippen MR) is 116 cm³/mol. The number of benzene rings is 2. The number of ketones is 1. The topological polar surface area (TPSA) is 85.3 Å². The van der Waals surface area contributed by atoms with Gasteiger partial charge < -0.3 is 24.2 Å². The highest BCUT2D eigenvalue weighted by Gasteiger charge is 2.45. The summed E-state index contributed by atoms with van der Waals surface area (Å²) in [5.74, 6) is 0.0123. The number of ether oxygens (including phenoxy) is 3. The molecule has 1 saturated heterocycles. The van der Waals surface area contributed by atoms with Crippen LogP contribution in [0.3, 0.4) is 0 Å². The van der Waals surface area contributed by atoms with Crippen LogP contribution in [-0.2, 0) is 9.59 Å². The number of likely N-dealkylation sites (tertiary alicyclic amines) is 1. The van der Waals surface area contributed by atoms with Crippen LogP contribution in [-0.4, -0.2) is 49.1 Å². The Labute approximate surface area is 181 Å². The maximum absolute atomic E-state index is 12.9. The minimum Gasteiger partial charge on any atom is -0.507 e. The van der Waals surface area contributed by atoms with E-state index >= 15 is 0 Å². The zero-order chi connectivity index (χ0) is 22.5. The summed E-state index contributed by atoms with van der Waals surface area (Å²) in [7, 11) is 3.00. The van der Waals surface area contributed by atoms with Gasteiger partial charge in [0.2, 0.25) is 0 Å². The van der Waals surface area contributed by atoms with Crippen molar-refractivity contribution in [3.8, 4) is 17.2 Å². The molecule has 1 fully saturated rings. The van der Waals surface area contributed by atoms with Crippen LogP contribution in [0.15, 0.2) is 48.0 Å². The van der Waals surface area contributed by atoms with Gasteiger partial charge in [-0.1, -0.05) is 19.1 Å². The third-order valence-corrected chi connectivity index (χ3v) is 5.17. The van der Waals surface area contributed by atoms with Crippen LogP contribution < -0.4 is 14.2 Å². The molecular weight excluding hydrogens is 398 g/mol. The average molecular weight is 425 g/mol. The molecule has 0 radical (unpaired) electrons. The first-order chi connectivity index (χ1) is 15.0. The molecular formula is C24H27NO6. The summed E-state index contributed by atoms with van der Waals surface area (Å²) in [5.41, 5.74) is 1.14. The first-order valence-electron chi connectivity index (χ1n) is 10.2. The molecule has 1 aliphatic rings. The Morgan fingerprint density at radius 3 is 2.26 bits per heavy atom. The molecule has 0 bridgehead atoms. The van der Waals surface area contributed by atoms with E-state index in [-0.39, 0.29) is 11.3 Å². The van der Waals surface area contributed by atoms with Gasteiger partial charge in [0.05, 0.1) is 32.4 Å². The van der Waals surface area contributed by atoms with Crippen molar-refractivity contribution >= 4 is 17.4 Å². The second-order valence-corrected chi connectivity index (χ2v) is 7.06. The molecule has 0 aliphatic carbocycles. The number of amides is 1. The first-order valence-corrected chi connectivity index (χ1v) is 10.2. The largest absolute Gasteiger partial charge is 0.507 e. The van der Waals surface area contributed by atoms with Crippen molar-refractivity contribution in [3.05, 3.63) is 59.2 Å². The second kappa shape index (κ2) is 9.55. The summed E-state index contributed by atoms with van der Waals surface area (Å²) in [6, 6.07) is 11.4. The Kier molecular flexibility index (Phi) is 6.84. The minimum atomic E-state index is -0.709. The van der Waals surface area contributed by atoms with Gasteiger partial charge in [0, 0.05) is 12.1 Å². The summed E-state index contributed by atoms with van der Waals surface area (Å²) >= 11 is 0. The van der Waals surface area contributed by atoms with E-state index < -0.39 is 17.7 Å². The van der Waals surface area contributed by atoms with Crippen LogP contribution in [0, 0.1) is 0 Å². The predicted octanol–water partition coefficient (Wildman–Crippen LogP) is 3.93. The van der Waals surface area contributed by atoms with E-state index in [9.17, 15) is 14.7 Å². The fraction of sp³-hybridized carbons (Fsp3) is 0.333. The van der Waals surface area contributed by atoms with Crippen molar-refractivity contribution in [3.63, 3.8) is 0 Å². The number of rotatable bonds is 8. The molecule has 1 unspecified atom stereocenters. The van der Waals surface area contributed by atoms with E-state index in [1.165, 1.54) is 19.1 Å².